The lowest BCUT2D eigenvalue weighted by atomic mass is 9.89. The summed E-state index contributed by atoms with van der Waals surface area (Å²) in [6.45, 7) is 0. The summed E-state index contributed by atoms with van der Waals surface area (Å²) in [5, 5.41) is 11.1. The van der Waals surface area contributed by atoms with Gasteiger partial charge in [-0.05, 0) is 74.5 Å². The molecule has 0 atom stereocenters. The first-order chi connectivity index (χ1) is 27.7. The van der Waals surface area contributed by atoms with E-state index in [1.54, 1.807) is 0 Å². The molecular formula is C51H29N3O2. The van der Waals surface area contributed by atoms with Crippen LogP contribution in [0.1, 0.15) is 0 Å². The Morgan fingerprint density at radius 3 is 1.75 bits per heavy atom. The second kappa shape index (κ2) is 11.9. The molecule has 5 nitrogen and oxygen atoms in total. The first-order valence-corrected chi connectivity index (χ1v) is 18.8. The van der Waals surface area contributed by atoms with Crippen LogP contribution in [-0.2, 0) is 0 Å². The van der Waals surface area contributed by atoms with E-state index >= 15 is 0 Å². The van der Waals surface area contributed by atoms with Crippen LogP contribution in [0.2, 0.25) is 0 Å². The third kappa shape index (κ3) is 4.64. The number of nitrogens with zero attached hydrogens (tertiary/aromatic N) is 3. The van der Waals surface area contributed by atoms with E-state index in [0.29, 0.717) is 17.5 Å². The lowest BCUT2D eigenvalue weighted by Gasteiger charge is -2.15. The average Bonchev–Trinajstić information content (AvgIpc) is 3.85. The van der Waals surface area contributed by atoms with Crippen molar-refractivity contribution in [3.8, 4) is 45.3 Å². The van der Waals surface area contributed by atoms with Gasteiger partial charge in [-0.25, -0.2) is 15.0 Å². The van der Waals surface area contributed by atoms with Crippen molar-refractivity contribution >= 4 is 76.2 Å². The topological polar surface area (TPSA) is 65.0 Å². The third-order valence-corrected chi connectivity index (χ3v) is 11.1. The Morgan fingerprint density at radius 1 is 0.304 bits per heavy atom. The standard InChI is InChI=1S/C51H29N3O2/c1-2-14-31(15-3-1)49-52-50(54-51(53-49)40-22-12-21-38-37-19-8-10-23-43(37)55-47(38)40)34-27-32-16-5-6-17-35(32)41(29-34)42-28-33-26-25-30-13-4-7-18-36(30)45(33)48-46(42)39-20-9-11-24-44(39)56-48/h1-29H. The highest BCUT2D eigenvalue weighted by atomic mass is 16.3. The first-order valence-electron chi connectivity index (χ1n) is 18.8. The number of furan rings is 2. The van der Waals surface area contributed by atoms with Gasteiger partial charge in [0, 0.05) is 38.1 Å². The van der Waals surface area contributed by atoms with Crippen molar-refractivity contribution in [3.05, 3.63) is 176 Å². The number of fused-ring (bicyclic) bond motifs is 11. The first kappa shape index (κ1) is 30.8. The summed E-state index contributed by atoms with van der Waals surface area (Å²) >= 11 is 0. The van der Waals surface area contributed by atoms with Gasteiger partial charge in [-0.3, -0.25) is 0 Å². The SMILES string of the molecule is c1ccc(-c2nc(-c3cc(-c4cc5ccc6ccccc6c5c5oc6ccccc6c45)c4ccccc4c3)nc(-c3cccc4c3oc3ccccc34)n2)cc1. The van der Waals surface area contributed by atoms with Crippen molar-refractivity contribution in [2.45, 2.75) is 0 Å². The Bertz CT molecular complexity index is 3550. The van der Waals surface area contributed by atoms with Gasteiger partial charge in [-0.1, -0.05) is 140 Å². The highest BCUT2D eigenvalue weighted by Crippen LogP contribution is 2.46. The van der Waals surface area contributed by atoms with Gasteiger partial charge in [0.25, 0.3) is 0 Å². The van der Waals surface area contributed by atoms with Gasteiger partial charge < -0.3 is 8.83 Å². The summed E-state index contributed by atoms with van der Waals surface area (Å²) in [5.41, 5.74) is 8.10. The molecule has 5 heteroatoms. The third-order valence-electron chi connectivity index (χ3n) is 11.1. The summed E-state index contributed by atoms with van der Waals surface area (Å²) in [6.07, 6.45) is 0. The Hall–Kier alpha value is -7.63. The molecule has 0 aliphatic rings. The summed E-state index contributed by atoms with van der Waals surface area (Å²) in [6, 6.07) is 61.0. The minimum Gasteiger partial charge on any atom is -0.455 e. The molecule has 9 aromatic carbocycles. The molecule has 0 unspecified atom stereocenters. The van der Waals surface area contributed by atoms with Gasteiger partial charge in [0.05, 0.1) is 5.56 Å². The second-order valence-electron chi connectivity index (χ2n) is 14.3. The maximum Gasteiger partial charge on any atom is 0.167 e. The number of hydrogen-bond acceptors (Lipinski definition) is 5. The number of hydrogen-bond donors (Lipinski definition) is 0. The van der Waals surface area contributed by atoms with E-state index in [9.17, 15) is 0 Å². The number of para-hydroxylation sites is 3. The Kier molecular flexibility index (Phi) is 6.56. The van der Waals surface area contributed by atoms with Crippen molar-refractivity contribution in [1.82, 2.24) is 15.0 Å². The highest BCUT2D eigenvalue weighted by Gasteiger charge is 2.22. The monoisotopic (exact) mass is 715 g/mol. The van der Waals surface area contributed by atoms with Crippen molar-refractivity contribution in [2.24, 2.45) is 0 Å². The summed E-state index contributed by atoms with van der Waals surface area (Å²) in [7, 11) is 0. The molecule has 0 aliphatic carbocycles. The van der Waals surface area contributed by atoms with Crippen LogP contribution in [0.15, 0.2) is 185 Å². The van der Waals surface area contributed by atoms with Crippen LogP contribution in [0.3, 0.4) is 0 Å². The molecule has 0 N–H and O–H groups in total. The highest BCUT2D eigenvalue weighted by molar-refractivity contribution is 6.28. The van der Waals surface area contributed by atoms with Gasteiger partial charge in [-0.15, -0.1) is 0 Å². The molecule has 0 saturated heterocycles. The number of aromatic nitrogens is 3. The minimum atomic E-state index is 0.550. The van der Waals surface area contributed by atoms with Crippen molar-refractivity contribution in [3.63, 3.8) is 0 Å². The van der Waals surface area contributed by atoms with Crippen LogP contribution in [0.4, 0.5) is 0 Å². The molecule has 0 aliphatic heterocycles. The van der Waals surface area contributed by atoms with Crippen LogP contribution in [-0.4, -0.2) is 15.0 Å². The predicted octanol–water partition coefficient (Wildman–Crippen LogP) is 13.8. The molecule has 3 aromatic heterocycles. The van der Waals surface area contributed by atoms with Crippen LogP contribution >= 0.6 is 0 Å². The molecule has 0 bridgehead atoms. The van der Waals surface area contributed by atoms with Crippen LogP contribution in [0.25, 0.3) is 121 Å². The molecule has 56 heavy (non-hydrogen) atoms. The van der Waals surface area contributed by atoms with E-state index in [-0.39, 0.29) is 0 Å². The zero-order valence-corrected chi connectivity index (χ0v) is 29.9. The molecule has 260 valence electrons. The molecule has 0 amide bonds. The zero-order chi connectivity index (χ0) is 36.7. The van der Waals surface area contributed by atoms with Gasteiger partial charge in [-0.2, -0.15) is 0 Å². The van der Waals surface area contributed by atoms with Crippen LogP contribution in [0, 0.1) is 0 Å². The summed E-state index contributed by atoms with van der Waals surface area (Å²) in [4.78, 5) is 15.5. The average molecular weight is 716 g/mol. The predicted molar refractivity (Wildman–Crippen MR) is 229 cm³/mol. The van der Waals surface area contributed by atoms with Crippen molar-refractivity contribution < 1.29 is 8.83 Å². The lowest BCUT2D eigenvalue weighted by Crippen LogP contribution is -2.00. The minimum absolute atomic E-state index is 0.550. The molecule has 0 radical (unpaired) electrons. The molecular weight excluding hydrogens is 687 g/mol. The number of rotatable bonds is 4. The lowest BCUT2D eigenvalue weighted by molar-refractivity contribution is 0.669. The largest absolute Gasteiger partial charge is 0.455 e. The van der Waals surface area contributed by atoms with Crippen LogP contribution < -0.4 is 0 Å². The molecule has 12 aromatic rings. The Balaban J connectivity index is 1.16. The fourth-order valence-electron chi connectivity index (χ4n) is 8.52. The van der Waals surface area contributed by atoms with E-state index < -0.39 is 0 Å². The Labute approximate surface area is 320 Å². The zero-order valence-electron chi connectivity index (χ0n) is 29.9. The quantitative estimate of drug-likeness (QED) is 0.170. The normalized spacial score (nSPS) is 11.9. The van der Waals surface area contributed by atoms with Gasteiger partial charge in [0.15, 0.2) is 17.5 Å². The summed E-state index contributed by atoms with van der Waals surface area (Å²) < 4.78 is 13.3. The maximum absolute atomic E-state index is 6.81. The second-order valence-corrected chi connectivity index (χ2v) is 14.3. The van der Waals surface area contributed by atoms with Gasteiger partial charge in [0.1, 0.15) is 22.3 Å². The molecule has 12 rings (SSSR count). The van der Waals surface area contributed by atoms with E-state index in [0.717, 1.165) is 93.2 Å². The molecule has 0 spiro atoms. The van der Waals surface area contributed by atoms with E-state index in [1.807, 2.05) is 66.7 Å². The van der Waals surface area contributed by atoms with Gasteiger partial charge >= 0.3 is 0 Å². The number of benzene rings is 9. The van der Waals surface area contributed by atoms with Gasteiger partial charge in [0.2, 0.25) is 0 Å². The van der Waals surface area contributed by atoms with E-state index in [1.165, 1.54) is 10.8 Å². The summed E-state index contributed by atoms with van der Waals surface area (Å²) in [5.74, 6) is 1.72. The Morgan fingerprint density at radius 2 is 0.911 bits per heavy atom. The fourth-order valence-corrected chi connectivity index (χ4v) is 8.52. The van der Waals surface area contributed by atoms with E-state index in [2.05, 4.69) is 109 Å². The smallest absolute Gasteiger partial charge is 0.167 e. The van der Waals surface area contributed by atoms with Crippen molar-refractivity contribution in [1.29, 1.82) is 0 Å². The molecule has 0 fully saturated rings. The van der Waals surface area contributed by atoms with E-state index in [4.69, 9.17) is 23.8 Å². The maximum atomic E-state index is 6.81. The van der Waals surface area contributed by atoms with Crippen molar-refractivity contribution in [2.75, 3.05) is 0 Å². The molecule has 3 heterocycles. The fraction of sp³-hybridized carbons (Fsp3) is 0. The van der Waals surface area contributed by atoms with Crippen LogP contribution in [0.5, 0.6) is 0 Å². The molecule has 0 saturated carbocycles.